The number of halogens is 1. The van der Waals surface area contributed by atoms with Gasteiger partial charge in [0.05, 0.1) is 14.5 Å². The van der Waals surface area contributed by atoms with Crippen LogP contribution in [0.1, 0.15) is 32.1 Å². The summed E-state index contributed by atoms with van der Waals surface area (Å²) < 4.78 is 17.0. The Hall–Kier alpha value is -0.440. The normalized spacial score (nSPS) is 31.0. The number of carbonyl (C=O) groups excluding carboxylic acids is 2. The number of hydrogen-bond donors (Lipinski definition) is 0. The Bertz CT molecular complexity index is 367. The third-order valence-electron chi connectivity index (χ3n) is 3.71. The molecule has 1 rings (SSSR count). The second kappa shape index (κ2) is 9.49. The predicted molar refractivity (Wildman–Crippen MR) is 81.5 cm³/mol. The van der Waals surface area contributed by atoms with E-state index in [0.717, 1.165) is 25.5 Å². The number of ether oxygens (including phenoxy) is 1. The Balaban J connectivity index is 2.35. The van der Waals surface area contributed by atoms with Crippen LogP contribution in [-0.2, 0) is 18.8 Å². The summed E-state index contributed by atoms with van der Waals surface area (Å²) in [7, 11) is 1.01. The first-order valence-electron chi connectivity index (χ1n) is 7.27. The van der Waals surface area contributed by atoms with Crippen molar-refractivity contribution in [3.63, 3.8) is 0 Å². The molecule has 20 heavy (non-hydrogen) atoms. The first-order valence-corrected chi connectivity index (χ1v) is 7.62. The average Bonchev–Trinajstić information content (AvgIpc) is 2.78. The Kier molecular flexibility index (Phi) is 7.56. The highest BCUT2D eigenvalue weighted by atomic mass is 35.5. The largest absolute Gasteiger partial charge is 0.469 e. The van der Waals surface area contributed by atoms with E-state index in [1.54, 1.807) is 0 Å². The van der Waals surface area contributed by atoms with E-state index in [-0.39, 0.29) is 38.7 Å². The van der Waals surface area contributed by atoms with Gasteiger partial charge >= 0.3 is 5.97 Å². The van der Waals surface area contributed by atoms with Crippen LogP contribution in [0.15, 0.2) is 12.2 Å². The van der Waals surface area contributed by atoms with Crippen LogP contribution < -0.4 is 0 Å². The van der Waals surface area contributed by atoms with Crippen LogP contribution in [0.5, 0.6) is 0 Å². The first kappa shape index (κ1) is 15.9. The van der Waals surface area contributed by atoms with Crippen molar-refractivity contribution in [2.24, 2.45) is 11.8 Å². The molecule has 5 atom stereocenters. The minimum atomic E-state index is -0.370. The quantitative estimate of drug-likeness (QED) is 0.164. The number of carbonyl (C=O) groups is 2. The van der Waals surface area contributed by atoms with Crippen molar-refractivity contribution in [1.82, 2.24) is 0 Å². The van der Waals surface area contributed by atoms with E-state index in [9.17, 15) is 9.59 Å². The molecule has 6 heteroatoms. The van der Waals surface area contributed by atoms with Gasteiger partial charge in [0.1, 0.15) is 6.29 Å². The third kappa shape index (κ3) is 5.16. The summed E-state index contributed by atoms with van der Waals surface area (Å²) in [6.45, 7) is 0. The molecule has 0 aliphatic heterocycles. The number of hydrogen-bond acceptors (Lipinski definition) is 4. The van der Waals surface area contributed by atoms with Gasteiger partial charge in [-0.2, -0.15) is 0 Å². The second-order valence-corrected chi connectivity index (χ2v) is 5.76. The molecule has 0 bridgehead atoms. The van der Waals surface area contributed by atoms with Crippen LogP contribution in [0, 0.1) is 11.8 Å². The summed E-state index contributed by atoms with van der Waals surface area (Å²) in [5.41, 5.74) is 0. The molecular formula is C14H22ClO4P. The summed E-state index contributed by atoms with van der Waals surface area (Å²) in [4.78, 5) is 22.2. The van der Waals surface area contributed by atoms with E-state index < -0.39 is 0 Å². The highest BCUT2D eigenvalue weighted by Gasteiger charge is 2.41. The Labute approximate surface area is 128 Å². The minimum Gasteiger partial charge on any atom is -0.469 e. The lowest BCUT2D eigenvalue weighted by Gasteiger charge is -2.17. The highest BCUT2D eigenvalue weighted by Crippen LogP contribution is 2.39. The van der Waals surface area contributed by atoms with Crippen LogP contribution in [0.3, 0.4) is 0 Å². The maximum absolute atomic E-state index is 11.2. The monoisotopic (exact) mass is 322 g/mol. The van der Waals surface area contributed by atoms with Crippen LogP contribution >= 0.6 is 21.0 Å². The van der Waals surface area contributed by atoms with Crippen LogP contribution in [-0.4, -0.2) is 32.1 Å². The zero-order valence-corrected chi connectivity index (χ0v) is 13.3. The molecule has 1 aliphatic carbocycles. The summed E-state index contributed by atoms with van der Waals surface area (Å²) in [6, 6.07) is 0. The summed E-state index contributed by atoms with van der Waals surface area (Å²) >= 11 is 6.29. The lowest BCUT2D eigenvalue weighted by Crippen LogP contribution is -2.22. The van der Waals surface area contributed by atoms with Gasteiger partial charge in [-0.1, -0.05) is 12.2 Å². The zero-order valence-electron chi connectivity index (χ0n) is 12.6. The van der Waals surface area contributed by atoms with Crippen molar-refractivity contribution < 1.29 is 18.8 Å². The molecule has 2 unspecified atom stereocenters. The molecule has 0 radical (unpaired) electrons. The van der Waals surface area contributed by atoms with Gasteiger partial charge in [0, 0.05) is 27.1 Å². The zero-order chi connectivity index (χ0) is 15.7. The average molecular weight is 323 g/mol. The van der Waals surface area contributed by atoms with Crippen molar-refractivity contribution in [2.75, 3.05) is 7.11 Å². The lowest BCUT2D eigenvalue weighted by atomic mass is 9.92. The fourth-order valence-electron chi connectivity index (χ4n) is 2.53. The molecule has 0 aromatic rings. The van der Waals surface area contributed by atoms with Gasteiger partial charge in [0.25, 0.3) is 0 Å². The molecule has 0 aromatic carbocycles. The third-order valence-corrected chi connectivity index (χ3v) is 4.51. The molecule has 0 amide bonds. The van der Waals surface area contributed by atoms with E-state index in [1.165, 1.54) is 7.11 Å². The first-order chi connectivity index (χ1) is 10.1. The topological polar surface area (TPSA) is 52.6 Å². The van der Waals surface area contributed by atoms with Gasteiger partial charge in [-0.05, 0) is 31.6 Å². The predicted octanol–water partition coefficient (Wildman–Crippen LogP) is 2.89. The SMILES string of the molecule is [3H]PO[C@@H]1C[C@@H](Cl)[C@H](C/C=C\CCCC(=O)OC)C1C=O. The number of aldehydes is 1. The number of alkyl halides is 1. The van der Waals surface area contributed by atoms with Crippen molar-refractivity contribution in [3.05, 3.63) is 12.2 Å². The molecule has 1 aliphatic rings. The smallest absolute Gasteiger partial charge is 0.305 e. The Morgan fingerprint density at radius 3 is 3.00 bits per heavy atom. The fraction of sp³-hybridized carbons (Fsp3) is 0.714. The Morgan fingerprint density at radius 2 is 2.35 bits per heavy atom. The number of esters is 1. The van der Waals surface area contributed by atoms with E-state index in [0.29, 0.717) is 12.8 Å². The van der Waals surface area contributed by atoms with E-state index in [1.807, 2.05) is 12.2 Å². The maximum Gasteiger partial charge on any atom is 0.305 e. The van der Waals surface area contributed by atoms with Crippen molar-refractivity contribution in [3.8, 4) is 0 Å². The van der Waals surface area contributed by atoms with Crippen LogP contribution in [0.4, 0.5) is 0 Å². The van der Waals surface area contributed by atoms with Gasteiger partial charge in [0.15, 0.2) is 0 Å². The summed E-state index contributed by atoms with van der Waals surface area (Å²) in [5, 5.41) is -0.0960. The van der Waals surface area contributed by atoms with E-state index >= 15 is 0 Å². The second-order valence-electron chi connectivity index (χ2n) is 4.96. The standard InChI is InChI=1S/C14H22ClO4P/c1-18-14(17)7-5-3-2-4-6-10-11(9-16)13(19-20)8-12(10)15/h2,4,9-13H,3,5-8,20H2,1H3/b4-2-/t10-,11?,12-,13-/m1/s1/i20T/t10-,11?,12-,13-,20?. The molecule has 114 valence electrons. The molecule has 0 heterocycles. The molecule has 1 saturated carbocycles. The van der Waals surface area contributed by atoms with Gasteiger partial charge in [-0.3, -0.25) is 4.79 Å². The van der Waals surface area contributed by atoms with Crippen molar-refractivity contribution in [2.45, 2.75) is 43.6 Å². The minimum absolute atomic E-state index is 0.0578. The van der Waals surface area contributed by atoms with Crippen molar-refractivity contribution in [1.29, 1.82) is 1.28 Å². The van der Waals surface area contributed by atoms with Gasteiger partial charge in [0.2, 0.25) is 0 Å². The fourth-order valence-corrected chi connectivity index (χ4v) is 3.23. The van der Waals surface area contributed by atoms with Crippen LogP contribution in [0.2, 0.25) is 0 Å². The number of rotatable bonds is 9. The van der Waals surface area contributed by atoms with E-state index in [4.69, 9.17) is 17.4 Å². The summed E-state index contributed by atoms with van der Waals surface area (Å²) in [6.07, 6.45) is 8.01. The van der Waals surface area contributed by atoms with Gasteiger partial charge < -0.3 is 14.1 Å². The molecule has 0 aromatic heterocycles. The number of allylic oxidation sites excluding steroid dienone is 2. The molecule has 0 N–H and O–H groups in total. The van der Waals surface area contributed by atoms with Crippen molar-refractivity contribution >= 4 is 33.3 Å². The lowest BCUT2D eigenvalue weighted by molar-refractivity contribution is -0.140. The summed E-state index contributed by atoms with van der Waals surface area (Å²) in [5.74, 6) is -0.371. The molecule has 4 nitrogen and oxygen atoms in total. The molecule has 0 saturated heterocycles. The van der Waals surface area contributed by atoms with Gasteiger partial charge in [-0.15, -0.1) is 11.6 Å². The Morgan fingerprint density at radius 1 is 1.55 bits per heavy atom. The van der Waals surface area contributed by atoms with E-state index in [2.05, 4.69) is 4.74 Å². The molecule has 1 fully saturated rings. The maximum atomic E-state index is 11.2. The van der Waals surface area contributed by atoms with Gasteiger partial charge in [-0.25, -0.2) is 0 Å². The molecular weight excluding hydrogens is 299 g/mol. The van der Waals surface area contributed by atoms with Crippen LogP contribution in [0.25, 0.3) is 0 Å². The number of methoxy groups -OCH3 is 1. The molecule has 0 spiro atoms. The highest BCUT2D eigenvalue weighted by molar-refractivity contribution is 7.09. The number of unbranched alkanes of at least 4 members (excludes halogenated alkanes) is 1.